The fourth-order valence-electron chi connectivity index (χ4n) is 2.81. The van der Waals surface area contributed by atoms with Gasteiger partial charge in [-0.25, -0.2) is 9.97 Å². The van der Waals surface area contributed by atoms with Gasteiger partial charge in [-0.15, -0.1) is 0 Å². The van der Waals surface area contributed by atoms with Gasteiger partial charge in [0, 0.05) is 19.7 Å². The van der Waals surface area contributed by atoms with Crippen LogP contribution >= 0.6 is 0 Å². The zero-order valence-corrected chi connectivity index (χ0v) is 13.3. The first-order valence-electron chi connectivity index (χ1n) is 7.77. The van der Waals surface area contributed by atoms with E-state index in [4.69, 9.17) is 0 Å². The lowest BCUT2D eigenvalue weighted by molar-refractivity contribution is -0.129. The van der Waals surface area contributed by atoms with Crippen LogP contribution in [0.15, 0.2) is 31.0 Å². The summed E-state index contributed by atoms with van der Waals surface area (Å²) in [4.78, 5) is 41.9. The highest BCUT2D eigenvalue weighted by Crippen LogP contribution is 2.30. The number of rotatable bonds is 4. The molecule has 3 rings (SSSR count). The van der Waals surface area contributed by atoms with E-state index in [-0.39, 0.29) is 24.4 Å². The largest absolute Gasteiger partial charge is 0.345 e. The molecule has 2 aromatic heterocycles. The minimum absolute atomic E-state index is 0.0347. The van der Waals surface area contributed by atoms with Gasteiger partial charge in [-0.2, -0.15) is 0 Å². The van der Waals surface area contributed by atoms with Crippen molar-refractivity contribution < 1.29 is 9.59 Å². The minimum atomic E-state index is -0.296. The first kappa shape index (κ1) is 16.0. The number of likely N-dealkylation sites (tertiary alicyclic amines) is 1. The van der Waals surface area contributed by atoms with E-state index in [1.54, 1.807) is 25.4 Å². The summed E-state index contributed by atoms with van der Waals surface area (Å²) in [6, 6.07) is 1.51. The molecule has 8 nitrogen and oxygen atoms in total. The van der Waals surface area contributed by atoms with E-state index in [1.807, 2.05) is 4.90 Å². The maximum atomic E-state index is 12.0. The van der Waals surface area contributed by atoms with Crippen molar-refractivity contribution in [2.45, 2.75) is 32.4 Å². The van der Waals surface area contributed by atoms with Crippen molar-refractivity contribution in [1.82, 2.24) is 30.2 Å². The Morgan fingerprint density at radius 3 is 2.96 bits per heavy atom. The quantitative estimate of drug-likeness (QED) is 0.895. The zero-order chi connectivity index (χ0) is 16.9. The molecule has 3 heterocycles. The van der Waals surface area contributed by atoms with E-state index >= 15 is 0 Å². The number of nitrogens with one attached hydrogen (secondary N) is 1. The summed E-state index contributed by atoms with van der Waals surface area (Å²) in [6.07, 6.45) is 7.97. The topological polar surface area (TPSA) is 101 Å². The van der Waals surface area contributed by atoms with Crippen LogP contribution in [0.2, 0.25) is 0 Å². The van der Waals surface area contributed by atoms with Gasteiger partial charge in [-0.3, -0.25) is 19.6 Å². The van der Waals surface area contributed by atoms with Crippen molar-refractivity contribution in [1.29, 1.82) is 0 Å². The van der Waals surface area contributed by atoms with E-state index in [0.717, 1.165) is 25.1 Å². The Morgan fingerprint density at radius 2 is 2.21 bits per heavy atom. The third-order valence-corrected chi connectivity index (χ3v) is 3.95. The molecule has 1 aliphatic heterocycles. The molecule has 2 aromatic rings. The number of carbonyl (C=O) groups is 2. The molecule has 0 bridgehead atoms. The summed E-state index contributed by atoms with van der Waals surface area (Å²) in [7, 11) is 0. The Kier molecular flexibility index (Phi) is 4.74. The normalized spacial score (nSPS) is 16.9. The van der Waals surface area contributed by atoms with Gasteiger partial charge >= 0.3 is 0 Å². The molecule has 1 atom stereocenters. The maximum Gasteiger partial charge on any atom is 0.270 e. The Bertz CT molecular complexity index is 736. The van der Waals surface area contributed by atoms with Gasteiger partial charge in [0.05, 0.1) is 36.4 Å². The fourth-order valence-corrected chi connectivity index (χ4v) is 2.81. The molecule has 8 heteroatoms. The Hall–Kier alpha value is -2.90. The van der Waals surface area contributed by atoms with E-state index in [0.29, 0.717) is 11.4 Å². The van der Waals surface area contributed by atoms with Crippen molar-refractivity contribution in [2.24, 2.45) is 0 Å². The van der Waals surface area contributed by atoms with Gasteiger partial charge in [0.1, 0.15) is 12.0 Å². The maximum absolute atomic E-state index is 12.0. The van der Waals surface area contributed by atoms with Crippen LogP contribution in [0.4, 0.5) is 0 Å². The summed E-state index contributed by atoms with van der Waals surface area (Å²) in [5, 5.41) is 2.75. The van der Waals surface area contributed by atoms with E-state index in [9.17, 15) is 9.59 Å². The van der Waals surface area contributed by atoms with Gasteiger partial charge in [-0.05, 0) is 18.9 Å². The van der Waals surface area contributed by atoms with Crippen LogP contribution in [0.3, 0.4) is 0 Å². The Labute approximate surface area is 139 Å². The van der Waals surface area contributed by atoms with E-state index in [1.165, 1.54) is 12.5 Å². The molecule has 2 amide bonds. The predicted molar refractivity (Wildman–Crippen MR) is 84.6 cm³/mol. The van der Waals surface area contributed by atoms with Crippen LogP contribution < -0.4 is 5.32 Å². The second-order valence-electron chi connectivity index (χ2n) is 5.58. The van der Waals surface area contributed by atoms with Crippen molar-refractivity contribution >= 4 is 11.8 Å². The van der Waals surface area contributed by atoms with Crippen LogP contribution in [-0.4, -0.2) is 43.2 Å². The molecule has 0 aromatic carbocycles. The van der Waals surface area contributed by atoms with Crippen LogP contribution in [0, 0.1) is 0 Å². The second kappa shape index (κ2) is 7.12. The third-order valence-electron chi connectivity index (χ3n) is 3.95. The van der Waals surface area contributed by atoms with Crippen molar-refractivity contribution in [3.63, 3.8) is 0 Å². The van der Waals surface area contributed by atoms with Crippen LogP contribution in [0.25, 0.3) is 0 Å². The van der Waals surface area contributed by atoms with Crippen molar-refractivity contribution in [3.05, 3.63) is 48.1 Å². The van der Waals surface area contributed by atoms with E-state index < -0.39 is 0 Å². The van der Waals surface area contributed by atoms with Gasteiger partial charge in [-0.1, -0.05) is 0 Å². The van der Waals surface area contributed by atoms with Gasteiger partial charge in [0.25, 0.3) is 5.91 Å². The van der Waals surface area contributed by atoms with Crippen molar-refractivity contribution in [2.75, 3.05) is 6.54 Å². The van der Waals surface area contributed by atoms with Crippen LogP contribution in [0.5, 0.6) is 0 Å². The van der Waals surface area contributed by atoms with Crippen LogP contribution in [-0.2, 0) is 11.3 Å². The number of aromatic nitrogens is 4. The molecule has 124 valence electrons. The lowest BCUT2D eigenvalue weighted by Crippen LogP contribution is -2.29. The van der Waals surface area contributed by atoms with E-state index in [2.05, 4.69) is 25.3 Å². The monoisotopic (exact) mass is 326 g/mol. The molecule has 0 unspecified atom stereocenters. The Morgan fingerprint density at radius 1 is 1.33 bits per heavy atom. The molecule has 0 spiro atoms. The number of carbonyl (C=O) groups excluding carboxylic acids is 2. The van der Waals surface area contributed by atoms with Gasteiger partial charge in [0.15, 0.2) is 0 Å². The SMILES string of the molecule is CC(=O)N1CCC[C@H]1c1cncc(CNC(=O)c2ccncn2)n1. The first-order valence-corrected chi connectivity index (χ1v) is 7.77. The second-order valence-corrected chi connectivity index (χ2v) is 5.58. The fraction of sp³-hybridized carbons (Fsp3) is 0.375. The van der Waals surface area contributed by atoms with Crippen molar-refractivity contribution in [3.8, 4) is 0 Å². The first-order chi connectivity index (χ1) is 11.6. The third kappa shape index (κ3) is 3.53. The molecule has 1 fully saturated rings. The smallest absolute Gasteiger partial charge is 0.270 e. The van der Waals surface area contributed by atoms with Crippen LogP contribution in [0.1, 0.15) is 47.7 Å². The summed E-state index contributed by atoms with van der Waals surface area (Å²) < 4.78 is 0. The average Bonchev–Trinajstić information content (AvgIpc) is 3.11. The molecular weight excluding hydrogens is 308 g/mol. The lowest BCUT2D eigenvalue weighted by Gasteiger charge is -2.22. The summed E-state index contributed by atoms with van der Waals surface area (Å²) in [5.41, 5.74) is 1.70. The molecular formula is C16H18N6O2. The average molecular weight is 326 g/mol. The summed E-state index contributed by atoms with van der Waals surface area (Å²) >= 11 is 0. The zero-order valence-electron chi connectivity index (χ0n) is 13.3. The molecule has 1 aliphatic rings. The number of amides is 2. The molecule has 1 saturated heterocycles. The highest BCUT2D eigenvalue weighted by molar-refractivity contribution is 5.91. The number of hydrogen-bond donors (Lipinski definition) is 1. The molecule has 1 N–H and O–H groups in total. The number of hydrogen-bond acceptors (Lipinski definition) is 6. The molecule has 24 heavy (non-hydrogen) atoms. The predicted octanol–water partition coefficient (Wildman–Crippen LogP) is 0.880. The molecule has 0 radical (unpaired) electrons. The minimum Gasteiger partial charge on any atom is -0.345 e. The summed E-state index contributed by atoms with van der Waals surface area (Å²) in [5.74, 6) is -0.252. The lowest BCUT2D eigenvalue weighted by atomic mass is 10.1. The molecule has 0 aliphatic carbocycles. The summed E-state index contributed by atoms with van der Waals surface area (Å²) in [6.45, 7) is 2.56. The molecule has 0 saturated carbocycles. The highest BCUT2D eigenvalue weighted by Gasteiger charge is 2.29. The standard InChI is InChI=1S/C16H18N6O2/c1-11(23)22-6-2-3-15(22)14-9-18-7-12(21-14)8-19-16(24)13-4-5-17-10-20-13/h4-5,7,9-10,15H,2-3,6,8H2,1H3,(H,19,24)/t15-/m0/s1. The van der Waals surface area contributed by atoms with Gasteiger partial charge < -0.3 is 10.2 Å². The number of nitrogens with zero attached hydrogens (tertiary/aromatic N) is 5. The Balaban J connectivity index is 1.67. The highest BCUT2D eigenvalue weighted by atomic mass is 16.2. The van der Waals surface area contributed by atoms with Gasteiger partial charge in [0.2, 0.25) is 5.91 Å².